The Morgan fingerprint density at radius 1 is 1.14 bits per heavy atom. The van der Waals surface area contributed by atoms with Crippen LogP contribution in [0, 0.1) is 0 Å². The van der Waals surface area contributed by atoms with E-state index in [0.717, 1.165) is 56.2 Å². The van der Waals surface area contributed by atoms with E-state index < -0.39 is 0 Å². The fraction of sp³-hybridized carbons (Fsp3) is 0.318. The minimum absolute atomic E-state index is 0.884. The molecule has 0 bridgehead atoms. The van der Waals surface area contributed by atoms with Crippen LogP contribution in [0.2, 0.25) is 0 Å². The van der Waals surface area contributed by atoms with Gasteiger partial charge in [0.05, 0.1) is 11.7 Å². The number of imidazole rings is 1. The molecule has 1 aromatic carbocycles. The van der Waals surface area contributed by atoms with E-state index in [2.05, 4.69) is 60.1 Å². The minimum Gasteiger partial charge on any atom is -0.369 e. The van der Waals surface area contributed by atoms with Crippen molar-refractivity contribution in [1.29, 1.82) is 0 Å². The number of thiophene rings is 1. The van der Waals surface area contributed by atoms with Gasteiger partial charge in [-0.05, 0) is 24.0 Å². The summed E-state index contributed by atoms with van der Waals surface area (Å²) in [7, 11) is 0. The molecular weight excluding hydrogens is 380 g/mol. The van der Waals surface area contributed by atoms with Gasteiger partial charge >= 0.3 is 0 Å². The zero-order valence-corrected chi connectivity index (χ0v) is 17.1. The molecule has 0 aliphatic carbocycles. The van der Waals surface area contributed by atoms with E-state index in [-0.39, 0.29) is 0 Å². The molecule has 0 fully saturated rings. The summed E-state index contributed by atoms with van der Waals surface area (Å²) in [6.45, 7) is 4.90. The molecule has 0 unspecified atom stereocenters. The summed E-state index contributed by atoms with van der Waals surface area (Å²) in [5, 5.41) is 4.78. The Morgan fingerprint density at radius 3 is 2.93 bits per heavy atom. The van der Waals surface area contributed by atoms with Gasteiger partial charge in [-0.3, -0.25) is 4.90 Å². The van der Waals surface area contributed by atoms with Crippen molar-refractivity contribution < 1.29 is 0 Å². The van der Waals surface area contributed by atoms with E-state index in [4.69, 9.17) is 0 Å². The largest absolute Gasteiger partial charge is 0.369 e. The average molecular weight is 405 g/mol. The van der Waals surface area contributed by atoms with Crippen molar-refractivity contribution in [3.63, 3.8) is 0 Å². The van der Waals surface area contributed by atoms with Gasteiger partial charge in [-0.2, -0.15) is 0 Å². The van der Waals surface area contributed by atoms with Crippen LogP contribution in [-0.2, 0) is 26.1 Å². The number of nitrogens with zero attached hydrogens (tertiary/aromatic N) is 5. The van der Waals surface area contributed by atoms with Crippen LogP contribution < -0.4 is 5.32 Å². The van der Waals surface area contributed by atoms with E-state index in [1.54, 1.807) is 6.33 Å². The van der Waals surface area contributed by atoms with Crippen LogP contribution in [0.25, 0.3) is 10.2 Å². The van der Waals surface area contributed by atoms with Crippen LogP contribution in [0.15, 0.2) is 55.4 Å². The van der Waals surface area contributed by atoms with Crippen LogP contribution in [0.5, 0.6) is 0 Å². The first-order valence-electron chi connectivity index (χ1n) is 10.1. The van der Waals surface area contributed by atoms with E-state index >= 15 is 0 Å². The topological polar surface area (TPSA) is 58.9 Å². The lowest BCUT2D eigenvalue weighted by Gasteiger charge is -2.27. The zero-order valence-electron chi connectivity index (χ0n) is 16.3. The molecule has 6 nitrogen and oxygen atoms in total. The van der Waals surface area contributed by atoms with Crippen molar-refractivity contribution in [2.45, 2.75) is 32.5 Å². The molecule has 1 aliphatic rings. The number of anilines is 1. The highest BCUT2D eigenvalue weighted by Crippen LogP contribution is 2.37. The van der Waals surface area contributed by atoms with Crippen molar-refractivity contribution in [3.05, 3.63) is 71.4 Å². The van der Waals surface area contributed by atoms with Gasteiger partial charge in [0.2, 0.25) is 0 Å². The molecule has 4 heterocycles. The fourth-order valence-corrected chi connectivity index (χ4v) is 5.21. The highest BCUT2D eigenvalue weighted by molar-refractivity contribution is 7.18. The monoisotopic (exact) mass is 404 g/mol. The molecule has 7 heteroatoms. The third kappa shape index (κ3) is 4.02. The van der Waals surface area contributed by atoms with Crippen molar-refractivity contribution in [1.82, 2.24) is 24.4 Å². The number of hydrogen-bond acceptors (Lipinski definition) is 6. The lowest BCUT2D eigenvalue weighted by Crippen LogP contribution is -2.29. The SMILES string of the molecule is c1ccc(CN2CCc3c(sc4ncnc(NCCCn5ccnc5)c34)C2)cc1. The Bertz CT molecular complexity index is 1070. The maximum Gasteiger partial charge on any atom is 0.138 e. The molecule has 1 aliphatic heterocycles. The fourth-order valence-electron chi connectivity index (χ4n) is 3.98. The van der Waals surface area contributed by atoms with Crippen LogP contribution >= 0.6 is 11.3 Å². The highest BCUT2D eigenvalue weighted by atomic mass is 32.1. The number of hydrogen-bond donors (Lipinski definition) is 1. The van der Waals surface area contributed by atoms with Crippen LogP contribution in [0.4, 0.5) is 5.82 Å². The number of benzene rings is 1. The zero-order chi connectivity index (χ0) is 19.5. The maximum atomic E-state index is 4.56. The van der Waals surface area contributed by atoms with Gasteiger partial charge in [0.1, 0.15) is 17.0 Å². The molecule has 29 heavy (non-hydrogen) atoms. The summed E-state index contributed by atoms with van der Waals surface area (Å²) in [5.74, 6) is 0.981. The third-order valence-corrected chi connectivity index (χ3v) is 6.53. The summed E-state index contributed by atoms with van der Waals surface area (Å²) in [5.41, 5.74) is 2.81. The molecule has 5 rings (SSSR count). The smallest absolute Gasteiger partial charge is 0.138 e. The average Bonchev–Trinajstić information content (AvgIpc) is 3.39. The van der Waals surface area contributed by atoms with Gasteiger partial charge in [0, 0.05) is 50.0 Å². The van der Waals surface area contributed by atoms with E-state index in [0.29, 0.717) is 0 Å². The predicted molar refractivity (Wildman–Crippen MR) is 117 cm³/mol. The predicted octanol–water partition coefficient (Wildman–Crippen LogP) is 3.95. The summed E-state index contributed by atoms with van der Waals surface area (Å²) in [6.07, 6.45) is 9.45. The second-order valence-corrected chi connectivity index (χ2v) is 8.52. The first-order valence-corrected chi connectivity index (χ1v) is 10.9. The van der Waals surface area contributed by atoms with Gasteiger partial charge in [-0.25, -0.2) is 15.0 Å². The molecule has 148 valence electrons. The Hall–Kier alpha value is -2.77. The number of rotatable bonds is 7. The summed E-state index contributed by atoms with van der Waals surface area (Å²) < 4.78 is 2.10. The molecule has 0 spiro atoms. The molecular formula is C22H24N6S. The number of aryl methyl sites for hydroxylation is 1. The van der Waals surface area contributed by atoms with Crippen LogP contribution in [0.1, 0.15) is 22.4 Å². The van der Waals surface area contributed by atoms with Gasteiger partial charge < -0.3 is 9.88 Å². The molecule has 4 aromatic rings. The van der Waals surface area contributed by atoms with Crippen LogP contribution in [-0.4, -0.2) is 37.5 Å². The van der Waals surface area contributed by atoms with E-state index in [1.807, 2.05) is 30.1 Å². The molecule has 3 aromatic heterocycles. The number of aromatic nitrogens is 4. The summed E-state index contributed by atoms with van der Waals surface area (Å²) in [4.78, 5) is 18.3. The molecule has 0 saturated carbocycles. The highest BCUT2D eigenvalue weighted by Gasteiger charge is 2.23. The normalized spacial score (nSPS) is 14.2. The van der Waals surface area contributed by atoms with Gasteiger partial charge in [0.15, 0.2) is 0 Å². The Kier molecular flexibility index (Phi) is 5.23. The third-order valence-electron chi connectivity index (χ3n) is 5.41. The van der Waals surface area contributed by atoms with E-state index in [9.17, 15) is 0 Å². The van der Waals surface area contributed by atoms with Crippen molar-refractivity contribution >= 4 is 27.4 Å². The molecule has 0 saturated heterocycles. The van der Waals surface area contributed by atoms with Gasteiger partial charge in [-0.15, -0.1) is 11.3 Å². The van der Waals surface area contributed by atoms with Crippen molar-refractivity contribution in [2.75, 3.05) is 18.4 Å². The second-order valence-electron chi connectivity index (χ2n) is 7.43. The minimum atomic E-state index is 0.884. The summed E-state index contributed by atoms with van der Waals surface area (Å²) >= 11 is 1.82. The number of fused-ring (bicyclic) bond motifs is 3. The van der Waals surface area contributed by atoms with Crippen molar-refractivity contribution in [2.24, 2.45) is 0 Å². The van der Waals surface area contributed by atoms with Crippen LogP contribution in [0.3, 0.4) is 0 Å². The maximum absolute atomic E-state index is 4.56. The lowest BCUT2D eigenvalue weighted by atomic mass is 10.0. The molecule has 0 atom stereocenters. The first-order chi connectivity index (χ1) is 14.4. The lowest BCUT2D eigenvalue weighted by molar-refractivity contribution is 0.249. The second kappa shape index (κ2) is 8.31. The van der Waals surface area contributed by atoms with Crippen molar-refractivity contribution in [3.8, 4) is 0 Å². The number of nitrogens with one attached hydrogen (secondary N) is 1. The Morgan fingerprint density at radius 2 is 2.07 bits per heavy atom. The molecule has 0 amide bonds. The quantitative estimate of drug-likeness (QED) is 0.473. The Balaban J connectivity index is 1.29. The van der Waals surface area contributed by atoms with Gasteiger partial charge in [0.25, 0.3) is 0 Å². The summed E-state index contributed by atoms with van der Waals surface area (Å²) in [6, 6.07) is 10.7. The standard InChI is InChI=1S/C22H24N6S/c1-2-5-17(6-3-1)13-28-11-7-18-19(14-28)29-22-20(18)21(25-15-26-22)24-8-4-10-27-12-9-23-16-27/h1-3,5-6,9,12,15-16H,4,7-8,10-11,13-14H2,(H,24,25,26). The molecule has 0 radical (unpaired) electrons. The van der Waals surface area contributed by atoms with E-state index in [1.165, 1.54) is 21.4 Å². The van der Waals surface area contributed by atoms with Gasteiger partial charge in [-0.1, -0.05) is 30.3 Å². The first kappa shape index (κ1) is 18.3. The Labute approximate surface area is 174 Å². The molecule has 1 N–H and O–H groups in total.